The second-order valence-corrected chi connectivity index (χ2v) is 6.84. The van der Waals surface area contributed by atoms with E-state index in [1.54, 1.807) is 0 Å². The zero-order chi connectivity index (χ0) is 19.2. The van der Waals surface area contributed by atoms with Crippen molar-refractivity contribution in [3.05, 3.63) is 65.0 Å². The summed E-state index contributed by atoms with van der Waals surface area (Å²) in [5.41, 5.74) is 4.30. The van der Waals surface area contributed by atoms with Gasteiger partial charge in [-0.2, -0.15) is 0 Å². The van der Waals surface area contributed by atoms with Gasteiger partial charge in [0.1, 0.15) is 5.82 Å². The highest BCUT2D eigenvalue weighted by atomic mass is 19.1. The Hall–Kier alpha value is -2.89. The first-order valence-corrected chi connectivity index (χ1v) is 9.23. The molecule has 2 aromatic rings. The van der Waals surface area contributed by atoms with Crippen molar-refractivity contribution in [2.45, 2.75) is 38.6 Å². The van der Waals surface area contributed by atoms with Gasteiger partial charge in [-0.05, 0) is 73.6 Å². The molecular weight excluding hydrogens is 345 g/mol. The third kappa shape index (κ3) is 5.29. The predicted octanol–water partition coefficient (Wildman–Crippen LogP) is 3.70. The number of carbonyl (C=O) groups is 2. The molecule has 0 fully saturated rings. The molecule has 142 valence electrons. The highest BCUT2D eigenvalue weighted by molar-refractivity contribution is 5.94. The van der Waals surface area contributed by atoms with Crippen LogP contribution in [0.5, 0.6) is 0 Å². The number of halogens is 1. The average molecular weight is 369 g/mol. The molecule has 0 saturated heterocycles. The van der Waals surface area contributed by atoms with E-state index in [1.165, 1.54) is 48.2 Å². The summed E-state index contributed by atoms with van der Waals surface area (Å²) in [6, 6.07) is 11.3. The maximum Gasteiger partial charge on any atom is 0.315 e. The van der Waals surface area contributed by atoms with E-state index in [2.05, 4.69) is 34.1 Å². The maximum atomic E-state index is 12.9. The number of hydrogen-bond acceptors (Lipinski definition) is 2. The van der Waals surface area contributed by atoms with E-state index in [0.29, 0.717) is 5.69 Å². The lowest BCUT2D eigenvalue weighted by Gasteiger charge is -2.20. The molecule has 3 amide bonds. The van der Waals surface area contributed by atoms with E-state index in [4.69, 9.17) is 0 Å². The summed E-state index contributed by atoms with van der Waals surface area (Å²) in [6.45, 7) is 1.75. The third-order valence-corrected chi connectivity index (χ3v) is 4.76. The molecule has 3 rings (SSSR count). The standard InChI is InChI=1S/C21H24FN3O2/c1-14(16-7-6-15-4-2-3-5-17(15)12-16)24-21(27)23-13-20(26)25-19-10-8-18(22)9-11-19/h6-12,14H,2-5,13H2,1H3,(H,25,26)(H2,23,24,27). The van der Waals surface area contributed by atoms with E-state index < -0.39 is 6.03 Å². The first-order valence-electron chi connectivity index (χ1n) is 9.23. The monoisotopic (exact) mass is 369 g/mol. The van der Waals surface area contributed by atoms with Gasteiger partial charge in [0.05, 0.1) is 12.6 Å². The van der Waals surface area contributed by atoms with Gasteiger partial charge < -0.3 is 16.0 Å². The van der Waals surface area contributed by atoms with Crippen LogP contribution in [-0.4, -0.2) is 18.5 Å². The Bertz CT molecular complexity index is 821. The molecule has 27 heavy (non-hydrogen) atoms. The van der Waals surface area contributed by atoms with Crippen molar-refractivity contribution >= 4 is 17.6 Å². The Morgan fingerprint density at radius 2 is 1.74 bits per heavy atom. The van der Waals surface area contributed by atoms with Crippen LogP contribution < -0.4 is 16.0 Å². The Morgan fingerprint density at radius 1 is 1.04 bits per heavy atom. The van der Waals surface area contributed by atoms with Crippen LogP contribution in [0, 0.1) is 5.82 Å². The highest BCUT2D eigenvalue weighted by Gasteiger charge is 2.14. The number of carbonyl (C=O) groups excluding carboxylic acids is 2. The molecule has 0 bridgehead atoms. The van der Waals surface area contributed by atoms with E-state index in [1.807, 2.05) is 6.92 Å². The SMILES string of the molecule is CC(NC(=O)NCC(=O)Nc1ccc(F)cc1)c1ccc2c(c1)CCCC2. The van der Waals surface area contributed by atoms with E-state index in [-0.39, 0.29) is 24.3 Å². The molecule has 0 aromatic heterocycles. The fraction of sp³-hybridized carbons (Fsp3) is 0.333. The normalized spacial score (nSPS) is 14.0. The van der Waals surface area contributed by atoms with E-state index >= 15 is 0 Å². The molecular formula is C21H24FN3O2. The molecule has 0 aliphatic heterocycles. The Kier molecular flexibility index (Phi) is 6.06. The van der Waals surface area contributed by atoms with E-state index in [0.717, 1.165) is 18.4 Å². The average Bonchev–Trinajstić information content (AvgIpc) is 2.68. The molecule has 3 N–H and O–H groups in total. The van der Waals surface area contributed by atoms with Crippen LogP contribution in [0.25, 0.3) is 0 Å². The second kappa shape index (κ2) is 8.66. The van der Waals surface area contributed by atoms with Crippen molar-refractivity contribution in [1.29, 1.82) is 0 Å². The van der Waals surface area contributed by atoms with Crippen molar-refractivity contribution in [2.24, 2.45) is 0 Å². The summed E-state index contributed by atoms with van der Waals surface area (Å²) in [4.78, 5) is 23.9. The molecule has 5 nitrogen and oxygen atoms in total. The Morgan fingerprint density at radius 3 is 2.48 bits per heavy atom. The van der Waals surface area contributed by atoms with Gasteiger partial charge >= 0.3 is 6.03 Å². The summed E-state index contributed by atoms with van der Waals surface area (Å²) in [7, 11) is 0. The number of hydrogen-bond donors (Lipinski definition) is 3. The maximum absolute atomic E-state index is 12.9. The van der Waals surface area contributed by atoms with Gasteiger partial charge in [0.25, 0.3) is 0 Å². The molecule has 0 heterocycles. The minimum absolute atomic E-state index is 0.155. The van der Waals surface area contributed by atoms with Crippen LogP contribution in [0.4, 0.5) is 14.9 Å². The molecule has 1 aliphatic carbocycles. The molecule has 1 aliphatic rings. The largest absolute Gasteiger partial charge is 0.332 e. The van der Waals surface area contributed by atoms with Crippen LogP contribution in [-0.2, 0) is 17.6 Å². The smallest absolute Gasteiger partial charge is 0.315 e. The van der Waals surface area contributed by atoms with Gasteiger partial charge in [0.2, 0.25) is 5.91 Å². The van der Waals surface area contributed by atoms with Crippen molar-refractivity contribution in [1.82, 2.24) is 10.6 Å². The summed E-state index contributed by atoms with van der Waals surface area (Å²) >= 11 is 0. The number of aryl methyl sites for hydroxylation is 2. The van der Waals surface area contributed by atoms with Crippen LogP contribution in [0.3, 0.4) is 0 Å². The fourth-order valence-electron chi connectivity index (χ4n) is 3.25. The molecule has 0 spiro atoms. The molecule has 2 aromatic carbocycles. The molecule has 0 radical (unpaired) electrons. The van der Waals surface area contributed by atoms with Gasteiger partial charge in [0.15, 0.2) is 0 Å². The van der Waals surface area contributed by atoms with Crippen molar-refractivity contribution in [2.75, 3.05) is 11.9 Å². The quantitative estimate of drug-likeness (QED) is 0.752. The first kappa shape index (κ1) is 18.9. The van der Waals surface area contributed by atoms with Gasteiger partial charge in [-0.1, -0.05) is 18.2 Å². The number of rotatable bonds is 5. The fourth-order valence-corrected chi connectivity index (χ4v) is 3.25. The minimum atomic E-state index is -0.408. The van der Waals surface area contributed by atoms with Gasteiger partial charge in [-0.3, -0.25) is 4.79 Å². The lowest BCUT2D eigenvalue weighted by molar-refractivity contribution is -0.115. The van der Waals surface area contributed by atoms with Crippen molar-refractivity contribution in [3.8, 4) is 0 Å². The lowest BCUT2D eigenvalue weighted by Crippen LogP contribution is -2.41. The van der Waals surface area contributed by atoms with Crippen LogP contribution in [0.2, 0.25) is 0 Å². The summed E-state index contributed by atoms with van der Waals surface area (Å²) in [6.07, 6.45) is 4.66. The minimum Gasteiger partial charge on any atom is -0.332 e. The summed E-state index contributed by atoms with van der Waals surface area (Å²) < 4.78 is 12.9. The van der Waals surface area contributed by atoms with Crippen LogP contribution in [0.1, 0.15) is 42.5 Å². The number of nitrogens with one attached hydrogen (secondary N) is 3. The number of anilines is 1. The number of amides is 3. The second-order valence-electron chi connectivity index (χ2n) is 6.84. The number of urea groups is 1. The van der Waals surface area contributed by atoms with Crippen LogP contribution in [0.15, 0.2) is 42.5 Å². The predicted molar refractivity (Wildman–Crippen MR) is 103 cm³/mol. The molecule has 6 heteroatoms. The summed E-state index contributed by atoms with van der Waals surface area (Å²) in [5, 5.41) is 7.99. The topological polar surface area (TPSA) is 70.2 Å². The highest BCUT2D eigenvalue weighted by Crippen LogP contribution is 2.24. The van der Waals surface area contributed by atoms with Crippen LogP contribution >= 0.6 is 0 Å². The third-order valence-electron chi connectivity index (χ3n) is 4.76. The Labute approximate surface area is 158 Å². The zero-order valence-electron chi connectivity index (χ0n) is 15.3. The van der Waals surface area contributed by atoms with Gasteiger partial charge in [-0.25, -0.2) is 9.18 Å². The lowest BCUT2D eigenvalue weighted by atomic mass is 9.89. The zero-order valence-corrected chi connectivity index (χ0v) is 15.3. The molecule has 1 atom stereocenters. The van der Waals surface area contributed by atoms with Gasteiger partial charge in [-0.15, -0.1) is 0 Å². The molecule has 1 unspecified atom stereocenters. The summed E-state index contributed by atoms with van der Waals surface area (Å²) in [5.74, 6) is -0.750. The van der Waals surface area contributed by atoms with Gasteiger partial charge in [0, 0.05) is 5.69 Å². The first-order chi connectivity index (χ1) is 13.0. The number of fused-ring (bicyclic) bond motifs is 1. The number of benzene rings is 2. The van der Waals surface area contributed by atoms with Crippen molar-refractivity contribution < 1.29 is 14.0 Å². The van der Waals surface area contributed by atoms with E-state index in [9.17, 15) is 14.0 Å². The molecule has 0 saturated carbocycles. The Balaban J connectivity index is 1.47. The van der Waals surface area contributed by atoms with Crippen molar-refractivity contribution in [3.63, 3.8) is 0 Å².